The van der Waals surface area contributed by atoms with Gasteiger partial charge in [-0.1, -0.05) is 6.07 Å². The molecule has 2 N–H and O–H groups in total. The number of carbonyl (C=O) groups excluding carboxylic acids is 1. The Kier molecular flexibility index (Phi) is 7.11. The molecule has 2 aromatic rings. The van der Waals surface area contributed by atoms with Gasteiger partial charge < -0.3 is 19.7 Å². The fourth-order valence-corrected chi connectivity index (χ4v) is 3.28. The molecule has 1 saturated heterocycles. The lowest BCUT2D eigenvalue weighted by Crippen LogP contribution is -2.52. The Morgan fingerprint density at radius 1 is 1.29 bits per heavy atom. The van der Waals surface area contributed by atoms with Crippen molar-refractivity contribution in [3.8, 4) is 0 Å². The average molecular weight is 372 g/mol. The average Bonchev–Trinajstić information content (AvgIpc) is 3.26. The van der Waals surface area contributed by atoms with E-state index in [0.29, 0.717) is 31.9 Å². The fraction of sp³-hybridized carbons (Fsp3) is 0.438. The molecule has 2 amide bonds. The van der Waals surface area contributed by atoms with Crippen LogP contribution in [0.4, 0.5) is 4.79 Å². The molecular formula is C16H22ClN3O3S. The van der Waals surface area contributed by atoms with Crippen LogP contribution in [0.1, 0.15) is 16.7 Å². The van der Waals surface area contributed by atoms with Crippen molar-refractivity contribution < 1.29 is 14.3 Å². The predicted octanol–water partition coefficient (Wildman–Crippen LogP) is 2.32. The Balaban J connectivity index is 0.00000208. The van der Waals surface area contributed by atoms with Crippen LogP contribution in [0, 0.1) is 0 Å². The Bertz CT molecular complexity index is 598. The first-order valence-corrected chi connectivity index (χ1v) is 8.59. The largest absolute Gasteiger partial charge is 0.467 e. The van der Waals surface area contributed by atoms with E-state index in [1.54, 1.807) is 29.7 Å². The zero-order valence-corrected chi connectivity index (χ0v) is 14.9. The third-order valence-electron chi connectivity index (χ3n) is 3.96. The molecule has 24 heavy (non-hydrogen) atoms. The summed E-state index contributed by atoms with van der Waals surface area (Å²) in [5, 5.41) is 15.1. The summed E-state index contributed by atoms with van der Waals surface area (Å²) in [6.45, 7) is 3.95. The van der Waals surface area contributed by atoms with Crippen molar-refractivity contribution in [1.29, 1.82) is 0 Å². The lowest BCUT2D eigenvalue weighted by molar-refractivity contribution is 0.0691. The van der Waals surface area contributed by atoms with Crippen LogP contribution in [-0.4, -0.2) is 53.7 Å². The number of furan rings is 1. The highest BCUT2D eigenvalue weighted by Gasteiger charge is 2.23. The van der Waals surface area contributed by atoms with Crippen molar-refractivity contribution in [3.63, 3.8) is 0 Å². The number of aliphatic hydroxyl groups is 1. The number of thiophene rings is 1. The van der Waals surface area contributed by atoms with Gasteiger partial charge in [0.25, 0.3) is 0 Å². The van der Waals surface area contributed by atoms with Gasteiger partial charge in [0.15, 0.2) is 0 Å². The molecule has 0 aliphatic carbocycles. The van der Waals surface area contributed by atoms with E-state index >= 15 is 0 Å². The summed E-state index contributed by atoms with van der Waals surface area (Å²) in [6, 6.07) is 7.52. The maximum absolute atomic E-state index is 12.1. The van der Waals surface area contributed by atoms with Crippen molar-refractivity contribution in [2.75, 3.05) is 32.7 Å². The van der Waals surface area contributed by atoms with Crippen LogP contribution in [0.3, 0.4) is 0 Å². The number of aliphatic hydroxyl groups excluding tert-OH is 1. The van der Waals surface area contributed by atoms with Gasteiger partial charge in [0.1, 0.15) is 11.9 Å². The minimum absolute atomic E-state index is 0. The molecule has 0 bridgehead atoms. The molecule has 0 aromatic carbocycles. The maximum atomic E-state index is 12.1. The Morgan fingerprint density at radius 3 is 2.71 bits per heavy atom. The molecule has 6 nitrogen and oxygen atoms in total. The summed E-state index contributed by atoms with van der Waals surface area (Å²) in [4.78, 5) is 17.3. The molecular weight excluding hydrogens is 350 g/mol. The number of rotatable bonds is 5. The summed E-state index contributed by atoms with van der Waals surface area (Å²) in [5.41, 5.74) is 0. The molecule has 2 aromatic heterocycles. The first kappa shape index (κ1) is 18.8. The van der Waals surface area contributed by atoms with Crippen LogP contribution in [0.15, 0.2) is 40.3 Å². The van der Waals surface area contributed by atoms with Crippen LogP contribution >= 0.6 is 23.7 Å². The second-order valence-electron chi connectivity index (χ2n) is 5.56. The van der Waals surface area contributed by atoms with Gasteiger partial charge >= 0.3 is 6.03 Å². The van der Waals surface area contributed by atoms with E-state index in [0.717, 1.165) is 18.0 Å². The summed E-state index contributed by atoms with van der Waals surface area (Å²) in [6.07, 6.45) is 0.943. The van der Waals surface area contributed by atoms with Crippen molar-refractivity contribution in [2.24, 2.45) is 0 Å². The van der Waals surface area contributed by atoms with Gasteiger partial charge in [0.05, 0.1) is 12.8 Å². The van der Waals surface area contributed by atoms with E-state index in [-0.39, 0.29) is 18.4 Å². The number of carbonyl (C=O) groups is 1. The SMILES string of the molecule is Cl.O=C(NCc1cccs1)N1CCN(CC(O)c2ccco2)CC1. The summed E-state index contributed by atoms with van der Waals surface area (Å²) in [5.74, 6) is 0.584. The molecule has 1 fully saturated rings. The molecule has 0 saturated carbocycles. The topological polar surface area (TPSA) is 69.0 Å². The van der Waals surface area contributed by atoms with Gasteiger partial charge in [-0.3, -0.25) is 4.90 Å². The van der Waals surface area contributed by atoms with Crippen LogP contribution in [0.2, 0.25) is 0 Å². The van der Waals surface area contributed by atoms with E-state index in [9.17, 15) is 9.90 Å². The van der Waals surface area contributed by atoms with Crippen molar-refractivity contribution >= 4 is 29.8 Å². The summed E-state index contributed by atoms with van der Waals surface area (Å²) >= 11 is 1.64. The summed E-state index contributed by atoms with van der Waals surface area (Å²) in [7, 11) is 0. The highest BCUT2D eigenvalue weighted by Crippen LogP contribution is 2.15. The Labute approximate surface area is 151 Å². The molecule has 132 valence electrons. The fourth-order valence-electron chi connectivity index (χ4n) is 2.64. The lowest BCUT2D eigenvalue weighted by atomic mass is 10.2. The van der Waals surface area contributed by atoms with E-state index in [4.69, 9.17) is 4.42 Å². The molecule has 8 heteroatoms. The molecule has 3 heterocycles. The van der Waals surface area contributed by atoms with E-state index in [1.165, 1.54) is 0 Å². The number of halogens is 1. The van der Waals surface area contributed by atoms with Gasteiger partial charge in [0, 0.05) is 37.6 Å². The van der Waals surface area contributed by atoms with Crippen LogP contribution in [0.25, 0.3) is 0 Å². The number of nitrogens with one attached hydrogen (secondary N) is 1. The second kappa shape index (κ2) is 9.08. The summed E-state index contributed by atoms with van der Waals surface area (Å²) < 4.78 is 5.21. The first-order chi connectivity index (χ1) is 11.2. The molecule has 1 aliphatic heterocycles. The molecule has 1 atom stereocenters. The third-order valence-corrected chi connectivity index (χ3v) is 4.83. The minimum atomic E-state index is -0.621. The minimum Gasteiger partial charge on any atom is -0.467 e. The third kappa shape index (κ3) is 4.98. The quantitative estimate of drug-likeness (QED) is 0.846. The zero-order chi connectivity index (χ0) is 16.1. The number of hydrogen-bond donors (Lipinski definition) is 2. The number of nitrogens with zero attached hydrogens (tertiary/aromatic N) is 2. The highest BCUT2D eigenvalue weighted by atomic mass is 35.5. The number of piperazine rings is 1. The second-order valence-corrected chi connectivity index (χ2v) is 6.59. The van der Waals surface area contributed by atoms with E-state index in [1.807, 2.05) is 22.4 Å². The van der Waals surface area contributed by atoms with Gasteiger partial charge in [-0.2, -0.15) is 0 Å². The first-order valence-electron chi connectivity index (χ1n) is 7.71. The molecule has 1 aliphatic rings. The molecule has 1 unspecified atom stereocenters. The zero-order valence-electron chi connectivity index (χ0n) is 13.3. The normalized spacial score (nSPS) is 16.5. The number of hydrogen-bond acceptors (Lipinski definition) is 5. The predicted molar refractivity (Wildman–Crippen MR) is 95.5 cm³/mol. The lowest BCUT2D eigenvalue weighted by Gasteiger charge is -2.35. The van der Waals surface area contributed by atoms with E-state index < -0.39 is 6.10 Å². The van der Waals surface area contributed by atoms with Crippen molar-refractivity contribution in [1.82, 2.24) is 15.1 Å². The smallest absolute Gasteiger partial charge is 0.317 e. The Hall–Kier alpha value is -1.54. The van der Waals surface area contributed by atoms with Gasteiger partial charge in [0.2, 0.25) is 0 Å². The number of urea groups is 1. The van der Waals surface area contributed by atoms with Gasteiger partial charge in [-0.05, 0) is 23.6 Å². The highest BCUT2D eigenvalue weighted by molar-refractivity contribution is 7.09. The monoisotopic (exact) mass is 371 g/mol. The van der Waals surface area contributed by atoms with Crippen LogP contribution < -0.4 is 5.32 Å². The van der Waals surface area contributed by atoms with Crippen LogP contribution in [-0.2, 0) is 6.54 Å². The van der Waals surface area contributed by atoms with Gasteiger partial charge in [-0.15, -0.1) is 23.7 Å². The molecule has 3 rings (SSSR count). The number of amides is 2. The number of β-amino-alcohol motifs (C(OH)–C–C–N with tert-alkyl or cyclic N) is 1. The molecule has 0 radical (unpaired) electrons. The molecule has 0 spiro atoms. The van der Waals surface area contributed by atoms with Crippen molar-refractivity contribution in [2.45, 2.75) is 12.6 Å². The van der Waals surface area contributed by atoms with E-state index in [2.05, 4.69) is 10.2 Å². The maximum Gasteiger partial charge on any atom is 0.317 e. The van der Waals surface area contributed by atoms with Crippen molar-refractivity contribution in [3.05, 3.63) is 46.5 Å². The van der Waals surface area contributed by atoms with Crippen LogP contribution in [0.5, 0.6) is 0 Å². The van der Waals surface area contributed by atoms with Gasteiger partial charge in [-0.25, -0.2) is 4.79 Å². The Morgan fingerprint density at radius 2 is 2.08 bits per heavy atom. The standard InChI is InChI=1S/C16H21N3O3S.ClH/c20-14(15-4-1-9-22-15)12-18-5-7-19(8-6-18)16(21)17-11-13-3-2-10-23-13;/h1-4,9-10,14,20H,5-8,11-12H2,(H,17,21);1H.